The average Bonchev–Trinajstić information content (AvgIpc) is 2.34. The number of ether oxygens (including phenoxy) is 1. The molecule has 0 heterocycles. The fourth-order valence-corrected chi connectivity index (χ4v) is 1.63. The van der Waals surface area contributed by atoms with Crippen LogP contribution < -0.4 is 15.8 Å². The number of amides is 1. The van der Waals surface area contributed by atoms with Crippen molar-refractivity contribution >= 4 is 5.91 Å². The van der Waals surface area contributed by atoms with Crippen molar-refractivity contribution in [1.29, 1.82) is 0 Å². The minimum Gasteiger partial charge on any atom is -0.496 e. The van der Waals surface area contributed by atoms with E-state index in [1.54, 1.807) is 7.11 Å². The Morgan fingerprint density at radius 2 is 2.06 bits per heavy atom. The van der Waals surface area contributed by atoms with Crippen LogP contribution in [0.5, 0.6) is 5.75 Å². The quantitative estimate of drug-likeness (QED) is 0.854. The molecular weight excluding hydrogens is 228 g/mol. The third-order valence-corrected chi connectivity index (χ3v) is 2.74. The van der Waals surface area contributed by atoms with E-state index in [1.807, 2.05) is 18.2 Å². The topological polar surface area (TPSA) is 64.3 Å². The molecule has 1 aromatic carbocycles. The molecule has 18 heavy (non-hydrogen) atoms. The monoisotopic (exact) mass is 250 g/mol. The summed E-state index contributed by atoms with van der Waals surface area (Å²) >= 11 is 0. The lowest BCUT2D eigenvalue weighted by Gasteiger charge is -2.20. The van der Waals surface area contributed by atoms with Crippen LogP contribution in [0.1, 0.15) is 36.7 Å². The van der Waals surface area contributed by atoms with Gasteiger partial charge in [0.05, 0.1) is 12.7 Å². The van der Waals surface area contributed by atoms with Crippen LogP contribution in [0.4, 0.5) is 0 Å². The van der Waals surface area contributed by atoms with Gasteiger partial charge in [0.15, 0.2) is 0 Å². The normalized spacial score (nSPS) is 11.2. The highest BCUT2D eigenvalue weighted by Gasteiger charge is 2.18. The summed E-state index contributed by atoms with van der Waals surface area (Å²) in [4.78, 5) is 12.0. The van der Waals surface area contributed by atoms with Crippen LogP contribution in [0.15, 0.2) is 18.2 Å². The number of nitrogens with two attached hydrogens (primary N) is 1. The first-order chi connectivity index (χ1) is 8.40. The number of carbonyl (C=O) groups is 1. The Balaban J connectivity index is 3.10. The van der Waals surface area contributed by atoms with Gasteiger partial charge in [-0.15, -0.1) is 0 Å². The maximum absolute atomic E-state index is 12.0. The minimum atomic E-state index is -0.150. The number of hydrogen-bond donors (Lipinski definition) is 2. The zero-order valence-corrected chi connectivity index (χ0v) is 11.5. The lowest BCUT2D eigenvalue weighted by molar-refractivity contribution is 0.0951. The Kier molecular flexibility index (Phi) is 4.73. The molecular formula is C14H22N2O2. The second kappa shape index (κ2) is 5.87. The molecule has 0 spiro atoms. The molecule has 0 aliphatic rings. The second-order valence-corrected chi connectivity index (χ2v) is 5.21. The molecule has 0 saturated carbocycles. The predicted molar refractivity (Wildman–Crippen MR) is 73.1 cm³/mol. The van der Waals surface area contributed by atoms with Crippen molar-refractivity contribution in [1.82, 2.24) is 5.32 Å². The molecule has 0 aliphatic heterocycles. The van der Waals surface area contributed by atoms with E-state index in [-0.39, 0.29) is 11.3 Å². The molecule has 100 valence electrons. The zero-order valence-electron chi connectivity index (χ0n) is 11.5. The van der Waals surface area contributed by atoms with E-state index >= 15 is 0 Å². The standard InChI is InChI=1S/C14H22N2O2/c1-14(2,3)10-5-6-12(18-4)11(9-10)13(17)16-8-7-15/h5-6,9H,7-8,15H2,1-4H3,(H,16,17). The first-order valence-corrected chi connectivity index (χ1v) is 6.07. The summed E-state index contributed by atoms with van der Waals surface area (Å²) in [6.45, 7) is 7.21. The minimum absolute atomic E-state index is 0.00479. The van der Waals surface area contributed by atoms with E-state index in [0.717, 1.165) is 5.56 Å². The van der Waals surface area contributed by atoms with Gasteiger partial charge >= 0.3 is 0 Å². The molecule has 0 unspecified atom stereocenters. The molecule has 1 amide bonds. The third kappa shape index (κ3) is 3.47. The molecule has 0 saturated heterocycles. The van der Waals surface area contributed by atoms with E-state index in [1.165, 1.54) is 0 Å². The molecule has 0 atom stereocenters. The van der Waals surface area contributed by atoms with Crippen molar-refractivity contribution < 1.29 is 9.53 Å². The van der Waals surface area contributed by atoms with Gasteiger partial charge in [-0.05, 0) is 23.1 Å². The molecule has 0 aliphatic carbocycles. The van der Waals surface area contributed by atoms with Crippen LogP contribution >= 0.6 is 0 Å². The molecule has 4 nitrogen and oxygen atoms in total. The number of rotatable bonds is 4. The maximum atomic E-state index is 12.0. The summed E-state index contributed by atoms with van der Waals surface area (Å²) in [6, 6.07) is 5.70. The SMILES string of the molecule is COc1ccc(C(C)(C)C)cc1C(=O)NCCN. The van der Waals surface area contributed by atoms with Crippen molar-refractivity contribution in [2.75, 3.05) is 20.2 Å². The smallest absolute Gasteiger partial charge is 0.255 e. The Bertz CT molecular complexity index is 422. The number of hydrogen-bond acceptors (Lipinski definition) is 3. The van der Waals surface area contributed by atoms with Crippen LogP contribution in [-0.2, 0) is 5.41 Å². The van der Waals surface area contributed by atoms with Crippen molar-refractivity contribution in [3.63, 3.8) is 0 Å². The van der Waals surface area contributed by atoms with Crippen molar-refractivity contribution in [2.45, 2.75) is 26.2 Å². The summed E-state index contributed by atoms with van der Waals surface area (Å²) in [7, 11) is 1.56. The number of methoxy groups -OCH3 is 1. The number of nitrogens with one attached hydrogen (secondary N) is 1. The van der Waals surface area contributed by atoms with Crippen LogP contribution in [0.25, 0.3) is 0 Å². The van der Waals surface area contributed by atoms with Gasteiger partial charge in [0.2, 0.25) is 0 Å². The summed E-state index contributed by atoms with van der Waals surface area (Å²) in [6.07, 6.45) is 0. The van der Waals surface area contributed by atoms with Gasteiger partial charge < -0.3 is 15.8 Å². The summed E-state index contributed by atoms with van der Waals surface area (Å²) in [5.74, 6) is 0.431. The average molecular weight is 250 g/mol. The predicted octanol–water partition coefficient (Wildman–Crippen LogP) is 1.68. The Morgan fingerprint density at radius 3 is 2.56 bits per heavy atom. The van der Waals surface area contributed by atoms with Gasteiger partial charge in [-0.1, -0.05) is 26.8 Å². The van der Waals surface area contributed by atoms with Gasteiger partial charge in [0.1, 0.15) is 5.75 Å². The summed E-state index contributed by atoms with van der Waals surface area (Å²) in [5.41, 5.74) is 7.03. The van der Waals surface area contributed by atoms with E-state index in [2.05, 4.69) is 26.1 Å². The van der Waals surface area contributed by atoms with Gasteiger partial charge in [-0.25, -0.2) is 0 Å². The molecule has 0 radical (unpaired) electrons. The molecule has 4 heteroatoms. The Hall–Kier alpha value is -1.55. The zero-order chi connectivity index (χ0) is 13.8. The number of carbonyl (C=O) groups excluding carboxylic acids is 1. The summed E-state index contributed by atoms with van der Waals surface area (Å²) < 4.78 is 5.22. The van der Waals surface area contributed by atoms with Crippen LogP contribution in [0.3, 0.4) is 0 Å². The van der Waals surface area contributed by atoms with Crippen molar-refractivity contribution in [2.24, 2.45) is 5.73 Å². The van der Waals surface area contributed by atoms with Crippen LogP contribution in [0.2, 0.25) is 0 Å². The van der Waals surface area contributed by atoms with E-state index in [4.69, 9.17) is 10.5 Å². The largest absolute Gasteiger partial charge is 0.496 e. The van der Waals surface area contributed by atoms with Crippen molar-refractivity contribution in [3.05, 3.63) is 29.3 Å². The first kappa shape index (κ1) is 14.5. The molecule has 0 fully saturated rings. The Morgan fingerprint density at radius 1 is 1.39 bits per heavy atom. The molecule has 1 rings (SSSR count). The Labute approximate surface area is 109 Å². The molecule has 0 bridgehead atoms. The van der Waals surface area contributed by atoms with Gasteiger partial charge in [0.25, 0.3) is 5.91 Å². The first-order valence-electron chi connectivity index (χ1n) is 6.07. The van der Waals surface area contributed by atoms with Gasteiger partial charge in [-0.2, -0.15) is 0 Å². The highest BCUT2D eigenvalue weighted by atomic mass is 16.5. The van der Waals surface area contributed by atoms with Crippen molar-refractivity contribution in [3.8, 4) is 5.75 Å². The lowest BCUT2D eigenvalue weighted by atomic mass is 9.86. The third-order valence-electron chi connectivity index (χ3n) is 2.74. The highest BCUT2D eigenvalue weighted by molar-refractivity contribution is 5.97. The summed E-state index contributed by atoms with van der Waals surface area (Å²) in [5, 5.41) is 2.76. The van der Waals surface area contributed by atoms with Gasteiger partial charge in [0, 0.05) is 13.1 Å². The van der Waals surface area contributed by atoms with Crippen LogP contribution in [-0.4, -0.2) is 26.1 Å². The van der Waals surface area contributed by atoms with E-state index in [0.29, 0.717) is 24.4 Å². The van der Waals surface area contributed by atoms with Crippen LogP contribution in [0, 0.1) is 0 Å². The van der Waals surface area contributed by atoms with Gasteiger partial charge in [-0.3, -0.25) is 4.79 Å². The second-order valence-electron chi connectivity index (χ2n) is 5.21. The molecule has 3 N–H and O–H groups in total. The fraction of sp³-hybridized carbons (Fsp3) is 0.500. The fourth-order valence-electron chi connectivity index (χ4n) is 1.63. The lowest BCUT2D eigenvalue weighted by Crippen LogP contribution is -2.29. The number of benzene rings is 1. The van der Waals surface area contributed by atoms with E-state index < -0.39 is 0 Å². The highest BCUT2D eigenvalue weighted by Crippen LogP contribution is 2.27. The maximum Gasteiger partial charge on any atom is 0.255 e. The molecule has 0 aromatic heterocycles. The molecule has 1 aromatic rings. The van der Waals surface area contributed by atoms with E-state index in [9.17, 15) is 4.79 Å².